The standard InChI is InChI=1S/C14H12F2N2O2/c1-7-4-8(2-3-10(7)15)18-13-5-9(14(19)20)12(17)6-11(13)16/h2-6,18H,17H2,1H3,(H,19,20). The minimum atomic E-state index is -1.25. The molecule has 0 amide bonds. The Morgan fingerprint density at radius 2 is 1.90 bits per heavy atom. The lowest BCUT2D eigenvalue weighted by Crippen LogP contribution is -2.05. The van der Waals surface area contributed by atoms with Gasteiger partial charge in [0.05, 0.1) is 11.3 Å². The summed E-state index contributed by atoms with van der Waals surface area (Å²) in [7, 11) is 0. The van der Waals surface area contributed by atoms with Crippen LogP contribution in [0, 0.1) is 18.6 Å². The lowest BCUT2D eigenvalue weighted by molar-refractivity contribution is 0.0698. The average molecular weight is 278 g/mol. The number of aromatic carboxylic acids is 1. The van der Waals surface area contributed by atoms with Crippen LogP contribution < -0.4 is 11.1 Å². The molecule has 0 aromatic heterocycles. The zero-order valence-corrected chi connectivity index (χ0v) is 10.6. The molecular formula is C14H12F2N2O2. The van der Waals surface area contributed by atoms with Crippen molar-refractivity contribution in [2.24, 2.45) is 0 Å². The van der Waals surface area contributed by atoms with Crippen molar-refractivity contribution in [1.82, 2.24) is 0 Å². The van der Waals surface area contributed by atoms with Gasteiger partial charge >= 0.3 is 5.97 Å². The molecule has 0 aliphatic heterocycles. The first-order chi connectivity index (χ1) is 9.38. The van der Waals surface area contributed by atoms with Gasteiger partial charge in [-0.2, -0.15) is 0 Å². The third-order valence-electron chi connectivity index (χ3n) is 2.81. The highest BCUT2D eigenvalue weighted by molar-refractivity contribution is 5.95. The second-order valence-electron chi connectivity index (χ2n) is 4.31. The van der Waals surface area contributed by atoms with Crippen LogP contribution in [-0.4, -0.2) is 11.1 Å². The van der Waals surface area contributed by atoms with Crippen LogP contribution >= 0.6 is 0 Å². The molecule has 0 aliphatic carbocycles. The molecule has 0 bridgehead atoms. The number of anilines is 3. The summed E-state index contributed by atoms with van der Waals surface area (Å²) >= 11 is 0. The van der Waals surface area contributed by atoms with Gasteiger partial charge in [-0.05, 0) is 42.8 Å². The molecule has 0 spiro atoms. The van der Waals surface area contributed by atoms with Crippen molar-refractivity contribution in [3.05, 3.63) is 53.1 Å². The van der Waals surface area contributed by atoms with E-state index >= 15 is 0 Å². The smallest absolute Gasteiger partial charge is 0.337 e. The number of aryl methyl sites for hydroxylation is 1. The number of hydrogen-bond donors (Lipinski definition) is 3. The highest BCUT2D eigenvalue weighted by Crippen LogP contribution is 2.26. The molecule has 2 rings (SSSR count). The van der Waals surface area contributed by atoms with E-state index in [9.17, 15) is 13.6 Å². The van der Waals surface area contributed by atoms with Crippen molar-refractivity contribution < 1.29 is 18.7 Å². The number of hydrogen-bond acceptors (Lipinski definition) is 3. The first kappa shape index (κ1) is 13.8. The lowest BCUT2D eigenvalue weighted by Gasteiger charge is -2.11. The van der Waals surface area contributed by atoms with Gasteiger partial charge in [0.15, 0.2) is 0 Å². The Hall–Kier alpha value is -2.63. The van der Waals surface area contributed by atoms with Crippen LogP contribution in [0.1, 0.15) is 15.9 Å². The Morgan fingerprint density at radius 3 is 2.50 bits per heavy atom. The van der Waals surface area contributed by atoms with Crippen molar-refractivity contribution in [2.45, 2.75) is 6.92 Å². The first-order valence-electron chi connectivity index (χ1n) is 5.74. The normalized spacial score (nSPS) is 10.3. The van der Waals surface area contributed by atoms with Crippen LogP contribution in [0.5, 0.6) is 0 Å². The van der Waals surface area contributed by atoms with Gasteiger partial charge in [0.2, 0.25) is 0 Å². The third-order valence-corrected chi connectivity index (χ3v) is 2.81. The van der Waals surface area contributed by atoms with Gasteiger partial charge in [-0.15, -0.1) is 0 Å². The monoisotopic (exact) mass is 278 g/mol. The summed E-state index contributed by atoms with van der Waals surface area (Å²) in [6.07, 6.45) is 0. The van der Waals surface area contributed by atoms with Gasteiger partial charge in [-0.25, -0.2) is 13.6 Å². The summed E-state index contributed by atoms with van der Waals surface area (Å²) in [5.41, 5.74) is 5.87. The molecule has 4 N–H and O–H groups in total. The fraction of sp³-hybridized carbons (Fsp3) is 0.0714. The maximum absolute atomic E-state index is 13.7. The van der Waals surface area contributed by atoms with Crippen LogP contribution in [0.3, 0.4) is 0 Å². The van der Waals surface area contributed by atoms with Gasteiger partial charge in [-0.1, -0.05) is 0 Å². The van der Waals surface area contributed by atoms with Gasteiger partial charge in [-0.3, -0.25) is 0 Å². The van der Waals surface area contributed by atoms with Crippen molar-refractivity contribution in [3.8, 4) is 0 Å². The number of nitrogen functional groups attached to an aromatic ring is 1. The number of rotatable bonds is 3. The van der Waals surface area contributed by atoms with Gasteiger partial charge in [0.1, 0.15) is 11.6 Å². The van der Waals surface area contributed by atoms with Gasteiger partial charge in [0, 0.05) is 11.4 Å². The van der Waals surface area contributed by atoms with Crippen LogP contribution in [0.2, 0.25) is 0 Å². The lowest BCUT2D eigenvalue weighted by atomic mass is 10.1. The Kier molecular flexibility index (Phi) is 3.56. The van der Waals surface area contributed by atoms with E-state index in [2.05, 4.69) is 5.32 Å². The van der Waals surface area contributed by atoms with Crippen molar-refractivity contribution in [1.29, 1.82) is 0 Å². The van der Waals surface area contributed by atoms with Crippen LogP contribution in [-0.2, 0) is 0 Å². The van der Waals surface area contributed by atoms with Gasteiger partial charge in [0.25, 0.3) is 0 Å². The summed E-state index contributed by atoms with van der Waals surface area (Å²) in [5.74, 6) is -2.31. The van der Waals surface area contributed by atoms with Crippen LogP contribution in [0.4, 0.5) is 25.8 Å². The van der Waals surface area contributed by atoms with E-state index in [4.69, 9.17) is 10.8 Å². The van der Waals surface area contributed by atoms with Crippen LogP contribution in [0.15, 0.2) is 30.3 Å². The van der Waals surface area contributed by atoms with E-state index in [1.165, 1.54) is 18.2 Å². The number of halogens is 2. The molecule has 0 radical (unpaired) electrons. The summed E-state index contributed by atoms with van der Waals surface area (Å²) in [5, 5.41) is 11.6. The second kappa shape index (κ2) is 5.16. The topological polar surface area (TPSA) is 75.3 Å². The quantitative estimate of drug-likeness (QED) is 0.753. The molecular weight excluding hydrogens is 266 g/mol. The minimum Gasteiger partial charge on any atom is -0.478 e. The number of carbonyl (C=O) groups is 1. The molecule has 0 aliphatic rings. The van der Waals surface area contributed by atoms with Crippen molar-refractivity contribution >= 4 is 23.0 Å². The Balaban J connectivity index is 2.40. The maximum Gasteiger partial charge on any atom is 0.337 e. The zero-order valence-electron chi connectivity index (χ0n) is 10.6. The molecule has 2 aromatic rings. The molecule has 104 valence electrons. The molecule has 4 nitrogen and oxygen atoms in total. The molecule has 0 atom stereocenters. The number of nitrogens with two attached hydrogens (primary N) is 1. The predicted octanol–water partition coefficient (Wildman–Crippen LogP) is 3.30. The molecule has 6 heteroatoms. The van der Waals surface area contributed by atoms with E-state index in [0.717, 1.165) is 12.1 Å². The van der Waals surface area contributed by atoms with Gasteiger partial charge < -0.3 is 16.2 Å². The Morgan fingerprint density at radius 1 is 1.20 bits per heavy atom. The molecule has 0 heterocycles. The molecule has 2 aromatic carbocycles. The minimum absolute atomic E-state index is 0.0393. The van der Waals surface area contributed by atoms with E-state index in [0.29, 0.717) is 11.3 Å². The highest BCUT2D eigenvalue weighted by atomic mass is 19.1. The highest BCUT2D eigenvalue weighted by Gasteiger charge is 2.13. The summed E-state index contributed by atoms with van der Waals surface area (Å²) in [6.45, 7) is 1.57. The molecule has 0 saturated carbocycles. The fourth-order valence-corrected chi connectivity index (χ4v) is 1.75. The number of carboxylic acid groups (broad SMARTS) is 1. The maximum atomic E-state index is 13.7. The van der Waals surface area contributed by atoms with Crippen LogP contribution in [0.25, 0.3) is 0 Å². The predicted molar refractivity (Wildman–Crippen MR) is 72.2 cm³/mol. The summed E-state index contributed by atoms with van der Waals surface area (Å²) < 4.78 is 26.9. The largest absolute Gasteiger partial charge is 0.478 e. The molecule has 0 fully saturated rings. The SMILES string of the molecule is Cc1cc(Nc2cc(C(=O)O)c(N)cc2F)ccc1F. The van der Waals surface area contributed by atoms with Crippen molar-refractivity contribution in [2.75, 3.05) is 11.1 Å². The number of benzene rings is 2. The van der Waals surface area contributed by atoms with E-state index < -0.39 is 11.8 Å². The van der Waals surface area contributed by atoms with E-state index in [-0.39, 0.29) is 22.8 Å². The Bertz CT molecular complexity index is 687. The summed E-state index contributed by atoms with van der Waals surface area (Å²) in [4.78, 5) is 11.0. The first-order valence-corrected chi connectivity index (χ1v) is 5.74. The molecule has 0 saturated heterocycles. The zero-order chi connectivity index (χ0) is 14.9. The molecule has 0 unspecified atom stereocenters. The van der Waals surface area contributed by atoms with E-state index in [1.807, 2.05) is 0 Å². The van der Waals surface area contributed by atoms with E-state index in [1.54, 1.807) is 6.92 Å². The Labute approximate surface area is 113 Å². The molecule has 20 heavy (non-hydrogen) atoms. The van der Waals surface area contributed by atoms with Crippen molar-refractivity contribution in [3.63, 3.8) is 0 Å². The third kappa shape index (κ3) is 2.69. The summed E-state index contributed by atoms with van der Waals surface area (Å²) in [6, 6.07) is 6.20. The second-order valence-corrected chi connectivity index (χ2v) is 4.31. The fourth-order valence-electron chi connectivity index (χ4n) is 1.75. The number of carboxylic acids is 1. The number of nitrogens with one attached hydrogen (secondary N) is 1. The average Bonchev–Trinajstić information content (AvgIpc) is 2.36.